The van der Waals surface area contributed by atoms with Crippen molar-refractivity contribution in [1.82, 2.24) is 9.97 Å². The molecule has 0 atom stereocenters. The van der Waals surface area contributed by atoms with Gasteiger partial charge in [0.15, 0.2) is 5.69 Å². The third kappa shape index (κ3) is 1.41. The highest BCUT2D eigenvalue weighted by Gasteiger charge is 2.08. The molecule has 2 heterocycles. The number of hydrogen-bond donors (Lipinski definition) is 0. The fourth-order valence-electron chi connectivity index (χ4n) is 1.87. The number of rotatable bonds is 0. The maximum Gasteiger partial charge on any atom is 0.150 e. The smallest absolute Gasteiger partial charge is 0.150 e. The molecule has 0 bridgehead atoms. The standard InChI is InChI=1S/C13H6FN3/c14-8-3-4-11-10(6-8)13-9(2-1-5-16-13)12(7-15)17-11/h1-6H. The molecule has 0 aliphatic rings. The van der Waals surface area contributed by atoms with Crippen LogP contribution in [0.2, 0.25) is 0 Å². The van der Waals surface area contributed by atoms with E-state index in [1.165, 1.54) is 12.1 Å². The average molecular weight is 223 g/mol. The van der Waals surface area contributed by atoms with E-state index >= 15 is 0 Å². The van der Waals surface area contributed by atoms with E-state index in [0.29, 0.717) is 27.5 Å². The molecular formula is C13H6FN3. The van der Waals surface area contributed by atoms with Crippen LogP contribution < -0.4 is 0 Å². The van der Waals surface area contributed by atoms with Gasteiger partial charge in [-0.1, -0.05) is 0 Å². The lowest BCUT2D eigenvalue weighted by atomic mass is 10.1. The van der Waals surface area contributed by atoms with Gasteiger partial charge in [-0.15, -0.1) is 0 Å². The molecule has 1 aromatic carbocycles. The summed E-state index contributed by atoms with van der Waals surface area (Å²) in [6.45, 7) is 0. The Morgan fingerprint density at radius 2 is 2.06 bits per heavy atom. The number of halogens is 1. The minimum atomic E-state index is -0.337. The van der Waals surface area contributed by atoms with Gasteiger partial charge < -0.3 is 0 Å². The summed E-state index contributed by atoms with van der Waals surface area (Å²) in [6, 6.07) is 9.79. The van der Waals surface area contributed by atoms with Gasteiger partial charge in [0.25, 0.3) is 0 Å². The molecule has 0 aliphatic heterocycles. The van der Waals surface area contributed by atoms with E-state index < -0.39 is 0 Å². The third-order valence-electron chi connectivity index (χ3n) is 2.61. The van der Waals surface area contributed by atoms with Crippen molar-refractivity contribution >= 4 is 21.8 Å². The van der Waals surface area contributed by atoms with Crippen molar-refractivity contribution in [3.05, 3.63) is 48.0 Å². The van der Waals surface area contributed by atoms with E-state index in [0.717, 1.165) is 0 Å². The van der Waals surface area contributed by atoms with Crippen LogP contribution in [0.5, 0.6) is 0 Å². The van der Waals surface area contributed by atoms with Crippen molar-refractivity contribution in [2.75, 3.05) is 0 Å². The number of nitriles is 1. The van der Waals surface area contributed by atoms with Gasteiger partial charge in [-0.2, -0.15) is 5.26 Å². The second-order valence-electron chi connectivity index (χ2n) is 3.63. The second kappa shape index (κ2) is 3.49. The van der Waals surface area contributed by atoms with Crippen LogP contribution in [-0.4, -0.2) is 9.97 Å². The molecule has 0 aliphatic carbocycles. The molecule has 17 heavy (non-hydrogen) atoms. The number of pyridine rings is 2. The highest BCUT2D eigenvalue weighted by Crippen LogP contribution is 2.24. The summed E-state index contributed by atoms with van der Waals surface area (Å²) in [5.41, 5.74) is 1.50. The lowest BCUT2D eigenvalue weighted by molar-refractivity contribution is 0.629. The Kier molecular flexibility index (Phi) is 1.99. The molecule has 3 rings (SSSR count). The molecule has 0 saturated heterocycles. The van der Waals surface area contributed by atoms with Crippen LogP contribution in [0.25, 0.3) is 21.8 Å². The van der Waals surface area contributed by atoms with Crippen LogP contribution in [0.15, 0.2) is 36.5 Å². The van der Waals surface area contributed by atoms with E-state index in [9.17, 15) is 4.39 Å². The molecule has 0 saturated carbocycles. The first-order chi connectivity index (χ1) is 8.29. The Morgan fingerprint density at radius 1 is 1.18 bits per heavy atom. The quantitative estimate of drug-likeness (QED) is 0.550. The van der Waals surface area contributed by atoms with Crippen LogP contribution in [0.3, 0.4) is 0 Å². The fourth-order valence-corrected chi connectivity index (χ4v) is 1.87. The van der Waals surface area contributed by atoms with E-state index in [4.69, 9.17) is 5.26 Å². The maximum atomic E-state index is 13.2. The Hall–Kier alpha value is -2.54. The Morgan fingerprint density at radius 3 is 2.88 bits per heavy atom. The topological polar surface area (TPSA) is 49.6 Å². The van der Waals surface area contributed by atoms with Gasteiger partial charge in [0.1, 0.15) is 11.9 Å². The lowest BCUT2D eigenvalue weighted by Gasteiger charge is -2.03. The molecule has 0 fully saturated rings. The summed E-state index contributed by atoms with van der Waals surface area (Å²) in [7, 11) is 0. The summed E-state index contributed by atoms with van der Waals surface area (Å²) < 4.78 is 13.2. The predicted octanol–water partition coefficient (Wildman–Crippen LogP) is 2.79. The summed E-state index contributed by atoms with van der Waals surface area (Å²) in [5.74, 6) is -0.337. The average Bonchev–Trinajstić information content (AvgIpc) is 2.38. The molecule has 80 valence electrons. The molecule has 0 spiro atoms. The molecule has 4 heteroatoms. The van der Waals surface area contributed by atoms with E-state index in [-0.39, 0.29) is 5.82 Å². The molecule has 0 N–H and O–H groups in total. The Bertz CT molecular complexity index is 775. The van der Waals surface area contributed by atoms with Gasteiger partial charge in [-0.05, 0) is 30.3 Å². The Balaban J connectivity index is 2.61. The van der Waals surface area contributed by atoms with Gasteiger partial charge in [0.05, 0.1) is 11.0 Å². The van der Waals surface area contributed by atoms with Crippen LogP contribution in [0, 0.1) is 17.1 Å². The first kappa shape index (κ1) is 9.67. The van der Waals surface area contributed by atoms with Crippen LogP contribution >= 0.6 is 0 Å². The van der Waals surface area contributed by atoms with Gasteiger partial charge >= 0.3 is 0 Å². The molecule has 0 amide bonds. The number of fused-ring (bicyclic) bond motifs is 3. The molecule has 3 aromatic rings. The minimum absolute atomic E-state index is 0.312. The van der Waals surface area contributed by atoms with Crippen LogP contribution in [0.1, 0.15) is 5.69 Å². The first-order valence-corrected chi connectivity index (χ1v) is 5.03. The highest BCUT2D eigenvalue weighted by molar-refractivity contribution is 6.04. The van der Waals surface area contributed by atoms with E-state index in [1.807, 2.05) is 6.07 Å². The third-order valence-corrected chi connectivity index (χ3v) is 2.61. The number of aromatic nitrogens is 2. The van der Waals surface area contributed by atoms with Crippen LogP contribution in [-0.2, 0) is 0 Å². The van der Waals surface area contributed by atoms with Gasteiger partial charge in [-0.25, -0.2) is 9.37 Å². The number of benzene rings is 1. The molecule has 0 unspecified atom stereocenters. The van der Waals surface area contributed by atoms with Crippen molar-refractivity contribution in [2.24, 2.45) is 0 Å². The van der Waals surface area contributed by atoms with Gasteiger partial charge in [0, 0.05) is 17.0 Å². The minimum Gasteiger partial charge on any atom is -0.255 e. The molecular weight excluding hydrogens is 217 g/mol. The largest absolute Gasteiger partial charge is 0.255 e. The van der Waals surface area contributed by atoms with E-state index in [2.05, 4.69) is 9.97 Å². The fraction of sp³-hybridized carbons (Fsp3) is 0. The zero-order chi connectivity index (χ0) is 11.8. The highest BCUT2D eigenvalue weighted by atomic mass is 19.1. The SMILES string of the molecule is N#Cc1nc2ccc(F)cc2c2ncccc12. The summed E-state index contributed by atoms with van der Waals surface area (Å²) >= 11 is 0. The van der Waals surface area contributed by atoms with E-state index in [1.54, 1.807) is 24.4 Å². The van der Waals surface area contributed by atoms with Gasteiger partial charge in [-0.3, -0.25) is 4.98 Å². The molecule has 0 radical (unpaired) electrons. The normalized spacial score (nSPS) is 10.6. The van der Waals surface area contributed by atoms with Crippen LogP contribution in [0.4, 0.5) is 4.39 Å². The lowest BCUT2D eigenvalue weighted by Crippen LogP contribution is -1.91. The Labute approximate surface area is 96.2 Å². The zero-order valence-electron chi connectivity index (χ0n) is 8.68. The van der Waals surface area contributed by atoms with Crippen molar-refractivity contribution in [3.8, 4) is 6.07 Å². The molecule has 2 aromatic heterocycles. The summed E-state index contributed by atoms with van der Waals surface area (Å²) in [6.07, 6.45) is 1.62. The summed E-state index contributed by atoms with van der Waals surface area (Å²) in [4.78, 5) is 8.40. The van der Waals surface area contributed by atoms with Crippen molar-refractivity contribution < 1.29 is 4.39 Å². The number of hydrogen-bond acceptors (Lipinski definition) is 3. The van der Waals surface area contributed by atoms with Crippen molar-refractivity contribution in [1.29, 1.82) is 5.26 Å². The zero-order valence-corrected chi connectivity index (χ0v) is 8.68. The molecule has 3 nitrogen and oxygen atoms in total. The number of nitrogens with zero attached hydrogens (tertiary/aromatic N) is 3. The van der Waals surface area contributed by atoms with Crippen molar-refractivity contribution in [3.63, 3.8) is 0 Å². The predicted molar refractivity (Wildman–Crippen MR) is 61.7 cm³/mol. The van der Waals surface area contributed by atoms with Gasteiger partial charge in [0.2, 0.25) is 0 Å². The monoisotopic (exact) mass is 223 g/mol. The first-order valence-electron chi connectivity index (χ1n) is 5.03. The maximum absolute atomic E-state index is 13.2. The summed E-state index contributed by atoms with van der Waals surface area (Å²) in [5, 5.41) is 10.3. The second-order valence-corrected chi connectivity index (χ2v) is 3.63. The van der Waals surface area contributed by atoms with Crippen molar-refractivity contribution in [2.45, 2.75) is 0 Å².